The molecule has 1 aliphatic carbocycles. The molecule has 3 heterocycles. The molecule has 4 rings (SSSR count). The second-order valence-electron chi connectivity index (χ2n) is 10.4. The largest absolute Gasteiger partial charge is 0.387 e. The average molecular weight is 558 g/mol. The fourth-order valence-electron chi connectivity index (χ4n) is 4.39. The Morgan fingerprint density at radius 2 is 1.95 bits per heavy atom. The zero-order chi connectivity index (χ0) is 29.0. The molecule has 0 unspecified atom stereocenters. The molecule has 40 heavy (non-hydrogen) atoms. The molecule has 0 aliphatic heterocycles. The Labute approximate surface area is 228 Å². The molecule has 0 spiro atoms. The van der Waals surface area contributed by atoms with Crippen LogP contribution in [-0.4, -0.2) is 68.8 Å². The lowest BCUT2D eigenvalue weighted by Gasteiger charge is -2.37. The van der Waals surface area contributed by atoms with E-state index in [9.17, 15) is 27.9 Å². The number of nitrogens with zero attached hydrogens (tertiary/aromatic N) is 4. The van der Waals surface area contributed by atoms with E-state index >= 15 is 0 Å². The number of aliphatic hydroxyl groups is 1. The number of nitriles is 1. The molecule has 1 atom stereocenters. The molecule has 0 radical (unpaired) electrons. The first-order valence-corrected chi connectivity index (χ1v) is 12.8. The van der Waals surface area contributed by atoms with Crippen LogP contribution in [0.25, 0.3) is 16.9 Å². The van der Waals surface area contributed by atoms with Crippen molar-refractivity contribution in [1.29, 1.82) is 5.26 Å². The molecule has 1 aliphatic rings. The summed E-state index contributed by atoms with van der Waals surface area (Å²) in [7, 11) is 0. The zero-order valence-electron chi connectivity index (χ0n) is 22.0. The third-order valence-electron chi connectivity index (χ3n) is 6.77. The van der Waals surface area contributed by atoms with Crippen molar-refractivity contribution in [2.45, 2.75) is 57.3 Å². The van der Waals surface area contributed by atoms with E-state index in [1.54, 1.807) is 28.8 Å². The molecule has 1 fully saturated rings. The quantitative estimate of drug-likeness (QED) is 0.284. The van der Waals surface area contributed by atoms with Gasteiger partial charge in [-0.3, -0.25) is 14.6 Å². The maximum absolute atomic E-state index is 14.3. The minimum atomic E-state index is -2.70. The highest BCUT2D eigenvalue weighted by atomic mass is 19.3. The number of fused-ring (bicyclic) bond motifs is 1. The third kappa shape index (κ3) is 6.87. The summed E-state index contributed by atoms with van der Waals surface area (Å²) in [4.78, 5) is 28.9. The standard InChI is InChI=1S/C27H30F3N7O3/c1-27(2,40)23(28)14-34-26(39)19-13-32-21(22-4-3-18-7-16(10-31)12-35-37(18)22)8-20(19)36-17-5-15(6-17)11-33-25(38)9-24(29)30/h3-4,7-8,12-13,15,17,23-24,40H,5-6,9,11,14H2,1-2H3,(H,32,36)(H,33,38)(H,34,39)/t15-,17-,23-/m1/s1. The van der Waals surface area contributed by atoms with Gasteiger partial charge in [0.25, 0.3) is 5.91 Å². The second-order valence-corrected chi connectivity index (χ2v) is 10.4. The number of carbonyl (C=O) groups excluding carboxylic acids is 2. The molecule has 13 heteroatoms. The highest BCUT2D eigenvalue weighted by molar-refractivity contribution is 6.00. The number of pyridine rings is 1. The minimum absolute atomic E-state index is 0.0653. The number of hydrogen-bond donors (Lipinski definition) is 4. The van der Waals surface area contributed by atoms with Crippen molar-refractivity contribution >= 4 is 23.0 Å². The van der Waals surface area contributed by atoms with Crippen LogP contribution in [0.15, 0.2) is 36.7 Å². The van der Waals surface area contributed by atoms with Gasteiger partial charge in [-0.25, -0.2) is 17.7 Å². The van der Waals surface area contributed by atoms with Gasteiger partial charge >= 0.3 is 0 Å². The van der Waals surface area contributed by atoms with Gasteiger partial charge in [-0.15, -0.1) is 0 Å². The lowest BCUT2D eigenvalue weighted by molar-refractivity contribution is -0.123. The molecule has 0 aromatic carbocycles. The number of aromatic nitrogens is 3. The highest BCUT2D eigenvalue weighted by Gasteiger charge is 2.31. The predicted molar refractivity (Wildman–Crippen MR) is 140 cm³/mol. The maximum atomic E-state index is 14.3. The Morgan fingerprint density at radius 1 is 1.20 bits per heavy atom. The van der Waals surface area contributed by atoms with Crippen molar-refractivity contribution < 1.29 is 27.9 Å². The van der Waals surface area contributed by atoms with Crippen molar-refractivity contribution in [1.82, 2.24) is 25.2 Å². The lowest BCUT2D eigenvalue weighted by Crippen LogP contribution is -2.43. The molecule has 2 amide bonds. The van der Waals surface area contributed by atoms with Gasteiger partial charge in [0.1, 0.15) is 12.2 Å². The number of anilines is 1. The predicted octanol–water partition coefficient (Wildman–Crippen LogP) is 3.07. The van der Waals surface area contributed by atoms with Crippen LogP contribution in [0.2, 0.25) is 0 Å². The molecule has 10 nitrogen and oxygen atoms in total. The van der Waals surface area contributed by atoms with E-state index in [0.29, 0.717) is 41.0 Å². The van der Waals surface area contributed by atoms with E-state index in [0.717, 1.165) is 0 Å². The first-order chi connectivity index (χ1) is 18.9. The molecule has 4 N–H and O–H groups in total. The normalized spacial score (nSPS) is 17.6. The Balaban J connectivity index is 1.52. The first kappa shape index (κ1) is 28.8. The molecular weight excluding hydrogens is 527 g/mol. The average Bonchev–Trinajstić information content (AvgIpc) is 3.30. The highest BCUT2D eigenvalue weighted by Crippen LogP contribution is 2.32. The minimum Gasteiger partial charge on any atom is -0.387 e. The van der Waals surface area contributed by atoms with Crippen LogP contribution in [0.1, 0.15) is 49.0 Å². The van der Waals surface area contributed by atoms with Crippen molar-refractivity contribution in [2.24, 2.45) is 5.92 Å². The van der Waals surface area contributed by atoms with Gasteiger partial charge in [-0.05, 0) is 56.9 Å². The van der Waals surface area contributed by atoms with Gasteiger partial charge in [0.2, 0.25) is 12.3 Å². The van der Waals surface area contributed by atoms with E-state index in [2.05, 4.69) is 26.0 Å². The van der Waals surface area contributed by atoms with Crippen molar-refractivity contribution in [3.8, 4) is 17.5 Å². The Kier molecular flexibility index (Phi) is 8.58. The van der Waals surface area contributed by atoms with E-state index in [-0.39, 0.29) is 24.1 Å². The van der Waals surface area contributed by atoms with Crippen molar-refractivity contribution in [3.63, 3.8) is 0 Å². The summed E-state index contributed by atoms with van der Waals surface area (Å²) < 4.78 is 40.6. The molecule has 3 aromatic heterocycles. The monoisotopic (exact) mass is 557 g/mol. The van der Waals surface area contributed by atoms with Crippen molar-refractivity contribution in [3.05, 3.63) is 47.8 Å². The van der Waals surface area contributed by atoms with Crippen LogP contribution in [0, 0.1) is 17.2 Å². The first-order valence-electron chi connectivity index (χ1n) is 12.8. The summed E-state index contributed by atoms with van der Waals surface area (Å²) in [6.45, 7) is 2.50. The molecule has 0 bridgehead atoms. The van der Waals surface area contributed by atoms with E-state index in [1.165, 1.54) is 26.2 Å². The van der Waals surface area contributed by atoms with Crippen molar-refractivity contribution in [2.75, 3.05) is 18.4 Å². The number of rotatable bonds is 11. The number of hydrogen-bond acceptors (Lipinski definition) is 7. The SMILES string of the molecule is CC(C)(O)[C@H](F)CNC(=O)c1cnc(-c2ccc3cc(C#N)cnn23)cc1N[C@H]1C[C@H](CNC(=O)CC(F)F)C1. The number of nitrogens with one attached hydrogen (secondary N) is 3. The topological polar surface area (TPSA) is 144 Å². The van der Waals surface area contributed by atoms with Crippen LogP contribution in [0.3, 0.4) is 0 Å². The molecule has 1 saturated carbocycles. The molecule has 3 aromatic rings. The van der Waals surface area contributed by atoms with Gasteiger partial charge in [0, 0.05) is 18.8 Å². The number of alkyl halides is 3. The fraction of sp³-hybridized carbons (Fsp3) is 0.444. The smallest absolute Gasteiger partial charge is 0.255 e. The third-order valence-corrected chi connectivity index (χ3v) is 6.77. The molecule has 0 saturated heterocycles. The maximum Gasteiger partial charge on any atom is 0.255 e. The summed E-state index contributed by atoms with van der Waals surface area (Å²) in [5.74, 6) is -1.19. The summed E-state index contributed by atoms with van der Waals surface area (Å²) in [5, 5.41) is 31.6. The van der Waals surface area contributed by atoms with Crippen LogP contribution < -0.4 is 16.0 Å². The zero-order valence-corrected chi connectivity index (χ0v) is 22.0. The molecule has 212 valence electrons. The Hall–Kier alpha value is -4.18. The van der Waals surface area contributed by atoms with E-state index in [1.807, 2.05) is 6.07 Å². The van der Waals surface area contributed by atoms with Crippen LogP contribution in [0.5, 0.6) is 0 Å². The second kappa shape index (κ2) is 11.9. The Morgan fingerprint density at radius 3 is 2.62 bits per heavy atom. The van der Waals surface area contributed by atoms with Gasteiger partial charge in [0.15, 0.2) is 0 Å². The summed E-state index contributed by atoms with van der Waals surface area (Å²) in [6.07, 6.45) is -1.16. The van der Waals surface area contributed by atoms with E-state index < -0.39 is 43.0 Å². The number of amides is 2. The van der Waals surface area contributed by atoms with Gasteiger partial charge < -0.3 is 21.1 Å². The van der Waals surface area contributed by atoms with E-state index in [4.69, 9.17) is 5.26 Å². The fourth-order valence-corrected chi connectivity index (χ4v) is 4.39. The number of carbonyl (C=O) groups is 2. The van der Waals surface area contributed by atoms with Gasteiger partial charge in [0.05, 0.1) is 58.5 Å². The van der Waals surface area contributed by atoms with Crippen LogP contribution in [-0.2, 0) is 4.79 Å². The Bertz CT molecular complexity index is 1420. The number of halogens is 3. The van der Waals surface area contributed by atoms with Crippen LogP contribution >= 0.6 is 0 Å². The van der Waals surface area contributed by atoms with Gasteiger partial charge in [-0.1, -0.05) is 0 Å². The lowest BCUT2D eigenvalue weighted by atomic mass is 9.80. The van der Waals surface area contributed by atoms with Crippen LogP contribution in [0.4, 0.5) is 18.9 Å². The summed E-state index contributed by atoms with van der Waals surface area (Å²) >= 11 is 0. The van der Waals surface area contributed by atoms with Gasteiger partial charge in [-0.2, -0.15) is 10.4 Å². The summed E-state index contributed by atoms with van der Waals surface area (Å²) in [5.41, 5.74) is 1.18. The summed E-state index contributed by atoms with van der Waals surface area (Å²) in [6, 6.07) is 8.91. The molecular formula is C27H30F3N7O3.